The van der Waals surface area contributed by atoms with E-state index in [-0.39, 0.29) is 29.6 Å². The van der Waals surface area contributed by atoms with Crippen molar-refractivity contribution in [3.63, 3.8) is 0 Å². The number of nitrogens with zero attached hydrogens (tertiary/aromatic N) is 4. The Kier molecular flexibility index (Phi) is 9.32. The molecule has 0 aliphatic heterocycles. The molecule has 0 bridgehead atoms. The zero-order valence-corrected chi connectivity index (χ0v) is 20.2. The molecule has 0 fully saturated rings. The molecule has 0 aliphatic rings. The Labute approximate surface area is 196 Å². The number of aromatic nitrogens is 2. The zero-order valence-electron chi connectivity index (χ0n) is 19.4. The van der Waals surface area contributed by atoms with Crippen LogP contribution in [0.3, 0.4) is 0 Å². The van der Waals surface area contributed by atoms with Gasteiger partial charge in [-0.05, 0) is 46.9 Å². The number of hydrogen-bond acceptors (Lipinski definition) is 8. The number of nitriles is 1. The van der Waals surface area contributed by atoms with Crippen molar-refractivity contribution in [2.75, 3.05) is 30.8 Å². The summed E-state index contributed by atoms with van der Waals surface area (Å²) in [5.41, 5.74) is -0.419. The first kappa shape index (κ1) is 25.8. The summed E-state index contributed by atoms with van der Waals surface area (Å²) in [7, 11) is 1.87. The molecule has 0 atom stereocenters. The quantitative estimate of drug-likeness (QED) is 0.478. The summed E-state index contributed by atoms with van der Waals surface area (Å²) in [5, 5.41) is 17.8. The highest BCUT2D eigenvalue weighted by molar-refractivity contribution is 7.07. The molecular weight excluding hydrogens is 442 g/mol. The monoisotopic (exact) mass is 471 g/mol. The van der Waals surface area contributed by atoms with Gasteiger partial charge < -0.3 is 16.0 Å². The minimum atomic E-state index is -0.517. The molecule has 0 radical (unpaired) electrons. The molecule has 3 N–H and O–H groups in total. The summed E-state index contributed by atoms with van der Waals surface area (Å²) < 4.78 is 2.01. The maximum absolute atomic E-state index is 12.8. The number of likely N-dealkylation sites (N-methyl/N-ethyl adjacent to an activating group) is 1. The van der Waals surface area contributed by atoms with Gasteiger partial charge in [0.15, 0.2) is 5.57 Å². The van der Waals surface area contributed by atoms with Crippen LogP contribution in [-0.4, -0.2) is 52.4 Å². The van der Waals surface area contributed by atoms with E-state index in [4.69, 9.17) is 0 Å². The first-order chi connectivity index (χ1) is 15.7. The van der Waals surface area contributed by atoms with Crippen LogP contribution in [-0.2, 0) is 16.1 Å². The van der Waals surface area contributed by atoms with Gasteiger partial charge in [-0.1, -0.05) is 6.07 Å². The minimum absolute atomic E-state index is 0.102. The van der Waals surface area contributed by atoms with Crippen molar-refractivity contribution in [2.45, 2.75) is 40.3 Å². The van der Waals surface area contributed by atoms with Crippen LogP contribution in [0.5, 0.6) is 0 Å². The van der Waals surface area contributed by atoms with Crippen LogP contribution >= 0.6 is 11.3 Å². The highest BCUT2D eigenvalue weighted by atomic mass is 32.1. The first-order valence-electron chi connectivity index (χ1n) is 10.6. The van der Waals surface area contributed by atoms with Crippen LogP contribution in [0.2, 0.25) is 0 Å². The fraction of sp³-hybridized carbons (Fsp3) is 0.409. The third-order valence-corrected chi connectivity index (χ3v) is 5.89. The summed E-state index contributed by atoms with van der Waals surface area (Å²) in [6, 6.07) is 7.24. The second kappa shape index (κ2) is 11.9. The van der Waals surface area contributed by atoms with Crippen molar-refractivity contribution < 1.29 is 9.59 Å². The highest BCUT2D eigenvalue weighted by Crippen LogP contribution is 2.09. The molecule has 2 aromatic rings. The molecule has 0 aromatic carbocycles. The number of thiazole rings is 1. The fourth-order valence-corrected chi connectivity index (χ4v) is 3.84. The summed E-state index contributed by atoms with van der Waals surface area (Å²) in [4.78, 5) is 43.5. The lowest BCUT2D eigenvalue weighted by molar-refractivity contribution is -0.117. The number of nitrogens with one attached hydrogen (secondary N) is 3. The largest absolute Gasteiger partial charge is 0.352 e. The van der Waals surface area contributed by atoms with Gasteiger partial charge in [0.05, 0.1) is 6.54 Å². The van der Waals surface area contributed by atoms with Crippen LogP contribution in [0, 0.1) is 11.3 Å². The first-order valence-corrected chi connectivity index (χ1v) is 11.4. The average molecular weight is 472 g/mol. The molecule has 2 aromatic heterocycles. The van der Waals surface area contributed by atoms with Crippen LogP contribution in [0.4, 0.5) is 11.6 Å². The van der Waals surface area contributed by atoms with Crippen molar-refractivity contribution in [2.24, 2.45) is 0 Å². The topological polar surface area (TPSA) is 132 Å². The molecule has 11 heteroatoms. The molecule has 0 saturated heterocycles. The van der Waals surface area contributed by atoms with Crippen molar-refractivity contribution in [3.05, 3.63) is 37.7 Å². The van der Waals surface area contributed by atoms with Gasteiger partial charge in [0.25, 0.3) is 11.5 Å². The molecule has 33 heavy (non-hydrogen) atoms. The Hall–Kier alpha value is -3.49. The molecule has 0 aliphatic carbocycles. The van der Waals surface area contributed by atoms with Crippen molar-refractivity contribution in [1.29, 1.82) is 5.26 Å². The molecule has 2 rings (SSSR count). The van der Waals surface area contributed by atoms with Gasteiger partial charge in [-0.2, -0.15) is 5.26 Å². The van der Waals surface area contributed by atoms with Gasteiger partial charge in [0.1, 0.15) is 26.9 Å². The van der Waals surface area contributed by atoms with E-state index in [2.05, 4.69) is 20.9 Å². The standard InChI is InChI=1S/C22H29N7O3S/c1-6-24-20(31)15(11-23)22-29(7-2)21(32)16(33-22)12-25-17-9-8-10-18(26-17)27-19(30)13-28(5)14(3)4/h8-10,12,14H,6-7,13H2,1-5H3,(H,24,31)(H2,25,26,27,30). The highest BCUT2D eigenvalue weighted by Gasteiger charge is 2.14. The number of anilines is 2. The number of pyridine rings is 1. The van der Waals surface area contributed by atoms with Crippen molar-refractivity contribution in [1.82, 2.24) is 19.8 Å². The predicted molar refractivity (Wildman–Crippen MR) is 130 cm³/mol. The van der Waals surface area contributed by atoms with E-state index in [0.717, 1.165) is 11.3 Å². The third kappa shape index (κ3) is 6.74. The number of carbonyl (C=O) groups excluding carboxylic acids is 2. The Balaban J connectivity index is 2.32. The van der Waals surface area contributed by atoms with Crippen LogP contribution in [0.1, 0.15) is 27.7 Å². The molecule has 0 spiro atoms. The van der Waals surface area contributed by atoms with Gasteiger partial charge in [0, 0.05) is 25.3 Å². The lowest BCUT2D eigenvalue weighted by Gasteiger charge is -2.20. The van der Waals surface area contributed by atoms with E-state index in [1.807, 2.05) is 31.9 Å². The van der Waals surface area contributed by atoms with E-state index in [1.165, 1.54) is 10.8 Å². The van der Waals surface area contributed by atoms with Crippen molar-refractivity contribution in [3.8, 4) is 6.07 Å². The van der Waals surface area contributed by atoms with E-state index < -0.39 is 5.91 Å². The SMILES string of the molecule is CCNC(=O)C(C#N)=c1sc(=CNc2cccc(NC(=O)CN(C)C(C)C)n2)c(=O)n1CC. The lowest BCUT2D eigenvalue weighted by atomic mass is 10.3. The molecule has 2 heterocycles. The average Bonchev–Trinajstić information content (AvgIpc) is 3.08. The number of rotatable bonds is 9. The molecule has 2 amide bonds. The number of amides is 2. The minimum Gasteiger partial charge on any atom is -0.352 e. The predicted octanol–water partition coefficient (Wildman–Crippen LogP) is 0.264. The van der Waals surface area contributed by atoms with E-state index in [1.54, 1.807) is 32.0 Å². The second-order valence-corrected chi connectivity index (χ2v) is 8.45. The number of carbonyl (C=O) groups is 2. The maximum atomic E-state index is 12.8. The zero-order chi connectivity index (χ0) is 24.5. The summed E-state index contributed by atoms with van der Waals surface area (Å²) in [6.45, 7) is 8.45. The molecular formula is C22H29N7O3S. The summed E-state index contributed by atoms with van der Waals surface area (Å²) in [5.74, 6) is 0.107. The van der Waals surface area contributed by atoms with E-state index in [9.17, 15) is 19.6 Å². The normalized spacial score (nSPS) is 12.5. The van der Waals surface area contributed by atoms with Gasteiger partial charge in [-0.15, -0.1) is 11.3 Å². The van der Waals surface area contributed by atoms with E-state index in [0.29, 0.717) is 33.9 Å². The Morgan fingerprint density at radius 3 is 2.61 bits per heavy atom. The van der Waals surface area contributed by atoms with Crippen LogP contribution in [0.15, 0.2) is 23.0 Å². The van der Waals surface area contributed by atoms with Gasteiger partial charge in [-0.25, -0.2) is 4.98 Å². The summed E-state index contributed by atoms with van der Waals surface area (Å²) in [6.07, 6.45) is 1.48. The van der Waals surface area contributed by atoms with Crippen LogP contribution in [0.25, 0.3) is 11.8 Å². The summed E-state index contributed by atoms with van der Waals surface area (Å²) >= 11 is 1.05. The fourth-order valence-electron chi connectivity index (χ4n) is 2.75. The Morgan fingerprint density at radius 1 is 1.30 bits per heavy atom. The second-order valence-electron chi connectivity index (χ2n) is 7.42. The third-order valence-electron chi connectivity index (χ3n) is 4.76. The maximum Gasteiger partial charge on any atom is 0.270 e. The Morgan fingerprint density at radius 2 is 2.00 bits per heavy atom. The molecule has 10 nitrogen and oxygen atoms in total. The van der Waals surface area contributed by atoms with Crippen molar-refractivity contribution >= 4 is 46.6 Å². The lowest BCUT2D eigenvalue weighted by Crippen LogP contribution is -2.35. The van der Waals surface area contributed by atoms with E-state index >= 15 is 0 Å². The van der Waals surface area contributed by atoms with Gasteiger partial charge in [-0.3, -0.25) is 23.9 Å². The van der Waals surface area contributed by atoms with Crippen LogP contribution < -0.4 is 30.7 Å². The molecule has 0 unspecified atom stereocenters. The van der Waals surface area contributed by atoms with Gasteiger partial charge in [0.2, 0.25) is 5.91 Å². The number of hydrogen-bond donors (Lipinski definition) is 3. The smallest absolute Gasteiger partial charge is 0.270 e. The molecule has 176 valence electrons. The molecule has 0 saturated carbocycles. The van der Waals surface area contributed by atoms with Gasteiger partial charge >= 0.3 is 0 Å². The Bertz CT molecular complexity index is 1220.